The summed E-state index contributed by atoms with van der Waals surface area (Å²) in [4.78, 5) is 27.4. The molecule has 6 heteroatoms. The molecule has 2 rings (SSSR count). The molecule has 27 heavy (non-hydrogen) atoms. The Morgan fingerprint density at radius 2 is 1.93 bits per heavy atom. The predicted octanol–water partition coefficient (Wildman–Crippen LogP) is 1.53. The van der Waals surface area contributed by atoms with Crippen molar-refractivity contribution in [2.24, 2.45) is 0 Å². The van der Waals surface area contributed by atoms with Crippen LogP contribution in [0.1, 0.15) is 44.7 Å². The molecule has 6 nitrogen and oxygen atoms in total. The van der Waals surface area contributed by atoms with Gasteiger partial charge in [-0.15, -0.1) is 0 Å². The Morgan fingerprint density at radius 3 is 2.56 bits per heavy atom. The minimum absolute atomic E-state index is 0.176. The lowest BCUT2D eigenvalue weighted by Gasteiger charge is -2.32. The van der Waals surface area contributed by atoms with Gasteiger partial charge in [0.25, 0.3) is 0 Å². The van der Waals surface area contributed by atoms with E-state index in [0.29, 0.717) is 19.4 Å². The van der Waals surface area contributed by atoms with E-state index in [1.165, 1.54) is 16.0 Å². The van der Waals surface area contributed by atoms with Crippen LogP contribution < -0.4 is 10.2 Å². The molecule has 1 fully saturated rings. The van der Waals surface area contributed by atoms with Crippen molar-refractivity contribution in [2.75, 3.05) is 32.7 Å². The van der Waals surface area contributed by atoms with E-state index in [1.807, 2.05) is 25.7 Å². The summed E-state index contributed by atoms with van der Waals surface area (Å²) in [6, 6.07) is 8.64. The molecule has 0 unspecified atom stereocenters. The van der Waals surface area contributed by atoms with Crippen molar-refractivity contribution in [1.29, 1.82) is 0 Å². The number of carbonyl (C=O) groups excluding carboxylic acids is 2. The maximum Gasteiger partial charge on any atom is 0.407 e. The quantitative estimate of drug-likeness (QED) is 0.740. The molecular weight excluding hydrogens is 342 g/mol. The van der Waals surface area contributed by atoms with Crippen molar-refractivity contribution < 1.29 is 19.2 Å². The first-order valence-electron chi connectivity index (χ1n) is 9.87. The number of nitrogens with one attached hydrogen (secondary N) is 2. The molecule has 1 aliphatic rings. The number of nitrogens with zero attached hydrogens (tertiary/aromatic N) is 1. The van der Waals surface area contributed by atoms with Gasteiger partial charge in [0, 0.05) is 18.5 Å². The van der Waals surface area contributed by atoms with Gasteiger partial charge in [0.2, 0.25) is 5.91 Å². The number of benzene rings is 1. The fourth-order valence-corrected chi connectivity index (χ4v) is 3.26. The number of hydrogen-bond acceptors (Lipinski definition) is 3. The number of hydrogen-bond donors (Lipinski definition) is 2. The molecule has 0 spiro atoms. The third kappa shape index (κ3) is 7.99. The summed E-state index contributed by atoms with van der Waals surface area (Å²) in [5.41, 5.74) is 2.15. The number of aryl methyl sites for hydroxylation is 1. The van der Waals surface area contributed by atoms with Gasteiger partial charge in [0.15, 0.2) is 0 Å². The zero-order valence-corrected chi connectivity index (χ0v) is 17.1. The van der Waals surface area contributed by atoms with E-state index in [-0.39, 0.29) is 5.91 Å². The number of quaternary nitrogens is 1. The van der Waals surface area contributed by atoms with Gasteiger partial charge in [-0.25, -0.2) is 4.79 Å². The molecule has 2 N–H and O–H groups in total. The monoisotopic (exact) mass is 376 g/mol. The van der Waals surface area contributed by atoms with E-state index < -0.39 is 11.7 Å². The number of carbonyl (C=O) groups is 2. The van der Waals surface area contributed by atoms with Crippen LogP contribution in [0.25, 0.3) is 0 Å². The Morgan fingerprint density at radius 1 is 1.22 bits per heavy atom. The van der Waals surface area contributed by atoms with Gasteiger partial charge in [-0.2, -0.15) is 0 Å². The molecule has 150 valence electrons. The summed E-state index contributed by atoms with van der Waals surface area (Å²) in [5, 5.41) is 2.70. The lowest BCUT2D eigenvalue weighted by atomic mass is 10.1. The van der Waals surface area contributed by atoms with Gasteiger partial charge >= 0.3 is 6.09 Å². The Hall–Kier alpha value is -2.08. The van der Waals surface area contributed by atoms with Crippen molar-refractivity contribution in [2.45, 2.75) is 52.7 Å². The molecule has 2 amide bonds. The van der Waals surface area contributed by atoms with E-state index in [9.17, 15) is 9.59 Å². The van der Waals surface area contributed by atoms with Crippen LogP contribution in [0.4, 0.5) is 4.79 Å². The fraction of sp³-hybridized carbons (Fsp3) is 0.619. The van der Waals surface area contributed by atoms with E-state index in [4.69, 9.17) is 4.74 Å². The summed E-state index contributed by atoms with van der Waals surface area (Å²) < 4.78 is 5.18. The van der Waals surface area contributed by atoms with E-state index in [1.54, 1.807) is 0 Å². The second-order valence-electron chi connectivity index (χ2n) is 8.33. The average Bonchev–Trinajstić information content (AvgIpc) is 2.58. The van der Waals surface area contributed by atoms with Crippen molar-refractivity contribution in [3.63, 3.8) is 0 Å². The van der Waals surface area contributed by atoms with Crippen LogP contribution in [0.15, 0.2) is 24.3 Å². The second-order valence-corrected chi connectivity index (χ2v) is 8.33. The van der Waals surface area contributed by atoms with Crippen molar-refractivity contribution in [3.05, 3.63) is 35.4 Å². The summed E-state index contributed by atoms with van der Waals surface area (Å²) >= 11 is 0. The topological polar surface area (TPSA) is 63.1 Å². The van der Waals surface area contributed by atoms with Crippen LogP contribution in [-0.4, -0.2) is 55.2 Å². The smallest absolute Gasteiger partial charge is 0.407 e. The maximum absolute atomic E-state index is 12.4. The molecule has 0 radical (unpaired) electrons. The molecule has 0 aromatic heterocycles. The van der Waals surface area contributed by atoms with Crippen molar-refractivity contribution in [1.82, 2.24) is 10.2 Å². The highest BCUT2D eigenvalue weighted by atomic mass is 16.6. The first kappa shape index (κ1) is 21.2. The number of piperazine rings is 1. The van der Waals surface area contributed by atoms with Gasteiger partial charge < -0.3 is 19.9 Å². The molecule has 1 saturated heterocycles. The zero-order valence-electron chi connectivity index (χ0n) is 17.1. The number of amides is 2. The molecular formula is C21H34N3O3+. The lowest BCUT2D eigenvalue weighted by molar-refractivity contribution is -0.917. The summed E-state index contributed by atoms with van der Waals surface area (Å²) in [6.07, 6.45) is 0.667. The molecule has 0 aliphatic carbocycles. The van der Waals surface area contributed by atoms with Crippen LogP contribution >= 0.6 is 0 Å². The highest BCUT2D eigenvalue weighted by Gasteiger charge is 2.23. The molecule has 0 bridgehead atoms. The summed E-state index contributed by atoms with van der Waals surface area (Å²) in [7, 11) is 0. The minimum atomic E-state index is -0.500. The van der Waals surface area contributed by atoms with Crippen LogP contribution in [-0.2, 0) is 16.1 Å². The van der Waals surface area contributed by atoms with Gasteiger partial charge in [-0.05, 0) is 34.1 Å². The van der Waals surface area contributed by atoms with Gasteiger partial charge in [-0.3, -0.25) is 4.79 Å². The standard InChI is InChI=1S/C21H33N3O3/c1-17-7-5-8-18(15-17)16-23-11-13-24(14-12-23)19(25)9-6-10-22-20(26)27-21(2,3)4/h5,7-8,15H,6,9-14,16H2,1-4H3,(H,22,26)/p+1. The van der Waals surface area contributed by atoms with Gasteiger partial charge in [0.1, 0.15) is 12.1 Å². The second kappa shape index (κ2) is 9.74. The van der Waals surface area contributed by atoms with Crippen LogP contribution in [0, 0.1) is 6.92 Å². The zero-order chi connectivity index (χ0) is 19.9. The maximum atomic E-state index is 12.4. The number of alkyl carbamates (subject to hydrolysis) is 1. The van der Waals surface area contributed by atoms with E-state index in [2.05, 4.69) is 36.5 Å². The predicted molar refractivity (Wildman–Crippen MR) is 106 cm³/mol. The minimum Gasteiger partial charge on any atom is -0.444 e. The van der Waals surface area contributed by atoms with Crippen LogP contribution in [0.5, 0.6) is 0 Å². The first-order chi connectivity index (χ1) is 12.7. The highest BCUT2D eigenvalue weighted by molar-refractivity contribution is 5.76. The van der Waals surface area contributed by atoms with Crippen LogP contribution in [0.3, 0.4) is 0 Å². The van der Waals surface area contributed by atoms with Crippen molar-refractivity contribution in [3.8, 4) is 0 Å². The number of rotatable bonds is 6. The highest BCUT2D eigenvalue weighted by Crippen LogP contribution is 2.06. The molecule has 1 aromatic carbocycles. The average molecular weight is 377 g/mol. The number of ether oxygens (including phenoxy) is 1. The van der Waals surface area contributed by atoms with E-state index in [0.717, 1.165) is 32.7 Å². The Balaban J connectivity index is 1.62. The molecule has 1 aliphatic heterocycles. The molecule has 0 atom stereocenters. The SMILES string of the molecule is Cc1cccc(C[NH+]2CCN(C(=O)CCCNC(=O)OC(C)(C)C)CC2)c1. The molecule has 1 heterocycles. The Bertz CT molecular complexity index is 632. The largest absolute Gasteiger partial charge is 0.444 e. The Labute approximate surface area is 162 Å². The fourth-order valence-electron chi connectivity index (χ4n) is 3.26. The van der Waals surface area contributed by atoms with Gasteiger partial charge in [-0.1, -0.05) is 29.8 Å². The summed E-state index contributed by atoms with van der Waals surface area (Å²) in [6.45, 7) is 12.7. The summed E-state index contributed by atoms with van der Waals surface area (Å²) in [5.74, 6) is 0.176. The van der Waals surface area contributed by atoms with E-state index >= 15 is 0 Å². The molecule has 1 aromatic rings. The third-order valence-electron chi connectivity index (χ3n) is 4.60. The Kier molecular flexibility index (Phi) is 7.66. The normalized spacial score (nSPS) is 15.5. The first-order valence-corrected chi connectivity index (χ1v) is 9.87. The molecule has 0 saturated carbocycles. The lowest BCUT2D eigenvalue weighted by Crippen LogP contribution is -3.13. The third-order valence-corrected chi connectivity index (χ3v) is 4.60. The van der Waals surface area contributed by atoms with Crippen molar-refractivity contribution >= 4 is 12.0 Å². The van der Waals surface area contributed by atoms with Gasteiger partial charge in [0.05, 0.1) is 26.2 Å². The van der Waals surface area contributed by atoms with Crippen LogP contribution in [0.2, 0.25) is 0 Å².